The molecule has 132 valence electrons. The Morgan fingerprint density at radius 2 is 2.12 bits per heavy atom. The van der Waals surface area contributed by atoms with Gasteiger partial charge in [0.2, 0.25) is 0 Å². The van der Waals surface area contributed by atoms with Crippen molar-refractivity contribution in [1.82, 2.24) is 20.0 Å². The average Bonchev–Trinajstić information content (AvgIpc) is 3.52. The second kappa shape index (κ2) is 6.75. The fourth-order valence-electron chi connectivity index (χ4n) is 3.96. The van der Waals surface area contributed by atoms with Crippen molar-refractivity contribution < 1.29 is 4.74 Å². The number of aryl methyl sites for hydroxylation is 1. The summed E-state index contributed by atoms with van der Waals surface area (Å²) in [6.07, 6.45) is 9.75. The Labute approximate surface area is 144 Å². The van der Waals surface area contributed by atoms with Gasteiger partial charge in [0.25, 0.3) is 0 Å². The minimum absolute atomic E-state index is 0.0775. The highest BCUT2D eigenvalue weighted by Gasteiger charge is 2.41. The summed E-state index contributed by atoms with van der Waals surface area (Å²) in [7, 11) is 3.83. The number of ether oxygens (including phenoxy) is 1. The van der Waals surface area contributed by atoms with E-state index in [1.54, 1.807) is 0 Å². The van der Waals surface area contributed by atoms with Gasteiger partial charge < -0.3 is 15.0 Å². The quantitative estimate of drug-likeness (QED) is 0.660. The summed E-state index contributed by atoms with van der Waals surface area (Å²) in [6.45, 7) is 3.54. The minimum Gasteiger partial charge on any atom is -0.370 e. The normalized spacial score (nSPS) is 25.4. The molecule has 1 N–H and O–H groups in total. The van der Waals surface area contributed by atoms with Crippen LogP contribution in [0.5, 0.6) is 0 Å². The van der Waals surface area contributed by atoms with Crippen LogP contribution in [0, 0.1) is 17.8 Å². The van der Waals surface area contributed by atoms with E-state index < -0.39 is 0 Å². The van der Waals surface area contributed by atoms with E-state index in [0.717, 1.165) is 55.5 Å². The van der Waals surface area contributed by atoms with Crippen molar-refractivity contribution in [3.05, 3.63) is 18.0 Å². The Morgan fingerprint density at radius 1 is 1.38 bits per heavy atom. The zero-order valence-corrected chi connectivity index (χ0v) is 14.8. The molecule has 0 amide bonds. The van der Waals surface area contributed by atoms with Gasteiger partial charge in [0.05, 0.1) is 19.3 Å². The van der Waals surface area contributed by atoms with E-state index in [-0.39, 0.29) is 6.10 Å². The maximum atomic E-state index is 5.95. The van der Waals surface area contributed by atoms with Crippen molar-refractivity contribution in [3.63, 3.8) is 0 Å². The highest BCUT2D eigenvalue weighted by Crippen LogP contribution is 2.48. The number of aromatic nitrogens is 2. The van der Waals surface area contributed by atoms with Crippen LogP contribution in [0.3, 0.4) is 0 Å². The van der Waals surface area contributed by atoms with Gasteiger partial charge in [0, 0.05) is 38.9 Å². The van der Waals surface area contributed by atoms with Crippen LogP contribution in [-0.4, -0.2) is 53.9 Å². The van der Waals surface area contributed by atoms with Gasteiger partial charge in [-0.3, -0.25) is 9.67 Å². The maximum absolute atomic E-state index is 5.95. The van der Waals surface area contributed by atoms with Crippen LogP contribution < -0.4 is 5.32 Å². The summed E-state index contributed by atoms with van der Waals surface area (Å²) in [6, 6.07) is 0. The molecule has 6 nitrogen and oxygen atoms in total. The van der Waals surface area contributed by atoms with E-state index in [2.05, 4.69) is 20.3 Å². The van der Waals surface area contributed by atoms with Gasteiger partial charge in [0.1, 0.15) is 6.10 Å². The van der Waals surface area contributed by atoms with Crippen LogP contribution in [0.1, 0.15) is 37.4 Å². The lowest BCUT2D eigenvalue weighted by Crippen LogP contribution is -2.49. The topological polar surface area (TPSA) is 54.7 Å². The Hall–Kier alpha value is -1.56. The number of aliphatic imine (C=N–C) groups is 1. The van der Waals surface area contributed by atoms with Crippen molar-refractivity contribution >= 4 is 5.96 Å². The number of nitrogens with zero attached hydrogens (tertiary/aromatic N) is 4. The first-order valence-electron chi connectivity index (χ1n) is 9.30. The molecule has 1 aromatic rings. The number of hydrogen-bond donors (Lipinski definition) is 1. The predicted molar refractivity (Wildman–Crippen MR) is 93.8 cm³/mol. The molecule has 4 rings (SSSR count). The van der Waals surface area contributed by atoms with Crippen molar-refractivity contribution in [2.45, 2.75) is 31.8 Å². The monoisotopic (exact) mass is 331 g/mol. The summed E-state index contributed by atoms with van der Waals surface area (Å²) in [4.78, 5) is 6.86. The summed E-state index contributed by atoms with van der Waals surface area (Å²) in [5, 5.41) is 7.93. The number of nitrogens with one attached hydrogen (secondary N) is 1. The van der Waals surface area contributed by atoms with Crippen molar-refractivity contribution in [2.75, 3.05) is 33.3 Å². The summed E-state index contributed by atoms with van der Waals surface area (Å²) in [5.74, 6) is 3.82. The molecule has 2 aliphatic carbocycles. The fraction of sp³-hybridized carbons (Fsp3) is 0.778. The first kappa shape index (κ1) is 15.9. The van der Waals surface area contributed by atoms with E-state index in [1.807, 2.05) is 31.2 Å². The van der Waals surface area contributed by atoms with Crippen LogP contribution in [-0.2, 0) is 11.8 Å². The highest BCUT2D eigenvalue weighted by molar-refractivity contribution is 5.80. The Kier molecular flexibility index (Phi) is 4.48. The third-order valence-corrected chi connectivity index (χ3v) is 5.63. The van der Waals surface area contributed by atoms with Gasteiger partial charge >= 0.3 is 0 Å². The lowest BCUT2D eigenvalue weighted by Gasteiger charge is -2.35. The molecule has 0 aromatic carbocycles. The summed E-state index contributed by atoms with van der Waals surface area (Å²) in [5.41, 5.74) is 1.14. The van der Waals surface area contributed by atoms with Crippen LogP contribution in [0.2, 0.25) is 0 Å². The SMILES string of the molecule is CN=C(NCC(C1CC1)C1CC1)N1CCOC(c2cnn(C)c2)C1. The molecule has 0 spiro atoms. The van der Waals surface area contributed by atoms with E-state index in [0.29, 0.717) is 0 Å². The molecule has 3 aliphatic rings. The minimum atomic E-state index is 0.0775. The second-order valence-corrected chi connectivity index (χ2v) is 7.52. The fourth-order valence-corrected chi connectivity index (χ4v) is 3.96. The van der Waals surface area contributed by atoms with E-state index in [9.17, 15) is 0 Å². The smallest absolute Gasteiger partial charge is 0.193 e. The number of rotatable bonds is 5. The lowest BCUT2D eigenvalue weighted by molar-refractivity contribution is -0.00811. The van der Waals surface area contributed by atoms with Crippen molar-refractivity contribution in [3.8, 4) is 0 Å². The van der Waals surface area contributed by atoms with E-state index in [4.69, 9.17) is 4.74 Å². The third-order valence-electron chi connectivity index (χ3n) is 5.63. The second-order valence-electron chi connectivity index (χ2n) is 7.52. The number of hydrogen-bond acceptors (Lipinski definition) is 3. The van der Waals surface area contributed by atoms with E-state index >= 15 is 0 Å². The Bertz CT molecular complexity index is 578. The van der Waals surface area contributed by atoms with Crippen LogP contribution in [0.4, 0.5) is 0 Å². The van der Waals surface area contributed by atoms with Gasteiger partial charge in [-0.25, -0.2) is 0 Å². The first-order valence-corrected chi connectivity index (χ1v) is 9.30. The van der Waals surface area contributed by atoms with Gasteiger partial charge in [-0.15, -0.1) is 0 Å². The molecule has 1 atom stereocenters. The van der Waals surface area contributed by atoms with Crippen molar-refractivity contribution in [1.29, 1.82) is 0 Å². The molecule has 24 heavy (non-hydrogen) atoms. The van der Waals surface area contributed by atoms with Gasteiger partial charge in [-0.2, -0.15) is 5.10 Å². The molecular formula is C18H29N5O. The average molecular weight is 331 g/mol. The molecule has 1 saturated heterocycles. The first-order chi connectivity index (χ1) is 11.7. The molecule has 1 aromatic heterocycles. The molecule has 6 heteroatoms. The molecular weight excluding hydrogens is 302 g/mol. The van der Waals surface area contributed by atoms with Gasteiger partial charge in [-0.1, -0.05) is 0 Å². The molecule has 3 fully saturated rings. The molecule has 0 radical (unpaired) electrons. The highest BCUT2D eigenvalue weighted by atomic mass is 16.5. The molecule has 2 heterocycles. The maximum Gasteiger partial charge on any atom is 0.193 e. The molecule has 2 saturated carbocycles. The predicted octanol–water partition coefficient (Wildman–Crippen LogP) is 1.80. The largest absolute Gasteiger partial charge is 0.370 e. The zero-order valence-electron chi connectivity index (χ0n) is 14.8. The van der Waals surface area contributed by atoms with Gasteiger partial charge in [0.15, 0.2) is 5.96 Å². The lowest BCUT2D eigenvalue weighted by atomic mass is 9.98. The Balaban J connectivity index is 1.35. The van der Waals surface area contributed by atoms with Crippen LogP contribution >= 0.6 is 0 Å². The molecule has 1 unspecified atom stereocenters. The van der Waals surface area contributed by atoms with Gasteiger partial charge in [-0.05, 0) is 43.4 Å². The van der Waals surface area contributed by atoms with E-state index in [1.165, 1.54) is 25.7 Å². The van der Waals surface area contributed by atoms with Crippen LogP contribution in [0.15, 0.2) is 17.4 Å². The van der Waals surface area contributed by atoms with Crippen LogP contribution in [0.25, 0.3) is 0 Å². The summed E-state index contributed by atoms with van der Waals surface area (Å²) >= 11 is 0. The third kappa shape index (κ3) is 3.58. The standard InChI is InChI=1S/C18H29N5O/c1-19-18(20-10-16(13-3-4-13)14-5-6-14)23-7-8-24-17(12-23)15-9-21-22(2)11-15/h9,11,13-14,16-17H,3-8,10,12H2,1-2H3,(H,19,20). The molecule has 0 bridgehead atoms. The summed E-state index contributed by atoms with van der Waals surface area (Å²) < 4.78 is 7.78. The number of guanidine groups is 1. The Morgan fingerprint density at radius 3 is 2.71 bits per heavy atom. The zero-order chi connectivity index (χ0) is 16.5. The van der Waals surface area contributed by atoms with Crippen molar-refractivity contribution in [2.24, 2.45) is 29.8 Å². The molecule has 1 aliphatic heterocycles. The number of morpholine rings is 1.